The Bertz CT molecular complexity index is 889. The highest BCUT2D eigenvalue weighted by Crippen LogP contribution is 2.22. The Morgan fingerprint density at radius 2 is 1.60 bits per heavy atom. The number of hydrogen-bond acceptors (Lipinski definition) is 3. The fraction of sp³-hybridized carbons (Fsp3) is 0.235. The van der Waals surface area contributed by atoms with E-state index < -0.39 is 21.5 Å². The van der Waals surface area contributed by atoms with E-state index >= 15 is 0 Å². The molecule has 0 aliphatic carbocycles. The van der Waals surface area contributed by atoms with Crippen LogP contribution in [-0.4, -0.2) is 19.9 Å². The Hall–Kier alpha value is -1.60. The monoisotopic (exact) mass is 400 g/mol. The van der Waals surface area contributed by atoms with Gasteiger partial charge in [0.25, 0.3) is 5.91 Å². The molecular formula is C17H18Cl2N2O3S. The molecule has 0 aromatic heterocycles. The van der Waals surface area contributed by atoms with Gasteiger partial charge in [0, 0.05) is 16.2 Å². The van der Waals surface area contributed by atoms with E-state index in [0.29, 0.717) is 10.7 Å². The SMILES string of the molecule is CC(C)(C)NS(=O)(=O)c1ccc(NC(=O)c2ccc(Cl)cc2Cl)cc1. The van der Waals surface area contributed by atoms with Gasteiger partial charge in [0.1, 0.15) is 0 Å². The quantitative estimate of drug-likeness (QED) is 0.801. The first kappa shape index (κ1) is 19.7. The van der Waals surface area contributed by atoms with E-state index in [1.54, 1.807) is 26.8 Å². The number of carbonyl (C=O) groups excluding carboxylic acids is 1. The topological polar surface area (TPSA) is 75.3 Å². The number of sulfonamides is 1. The minimum atomic E-state index is -3.63. The molecule has 0 aliphatic heterocycles. The summed E-state index contributed by atoms with van der Waals surface area (Å²) in [6.07, 6.45) is 0. The Morgan fingerprint density at radius 1 is 1.00 bits per heavy atom. The van der Waals surface area contributed by atoms with Crippen molar-refractivity contribution in [1.82, 2.24) is 4.72 Å². The lowest BCUT2D eigenvalue weighted by atomic mass is 10.1. The average Bonchev–Trinajstić information content (AvgIpc) is 2.45. The van der Waals surface area contributed by atoms with Crippen LogP contribution in [-0.2, 0) is 10.0 Å². The van der Waals surface area contributed by atoms with Gasteiger partial charge in [0.05, 0.1) is 15.5 Å². The van der Waals surface area contributed by atoms with E-state index in [9.17, 15) is 13.2 Å². The molecule has 2 N–H and O–H groups in total. The van der Waals surface area contributed by atoms with Gasteiger partial charge >= 0.3 is 0 Å². The van der Waals surface area contributed by atoms with Crippen LogP contribution in [0.2, 0.25) is 10.0 Å². The summed E-state index contributed by atoms with van der Waals surface area (Å²) in [6, 6.07) is 10.4. The minimum Gasteiger partial charge on any atom is -0.322 e. The predicted molar refractivity (Wildman–Crippen MR) is 101 cm³/mol. The summed E-state index contributed by atoms with van der Waals surface area (Å²) in [6.45, 7) is 5.28. The van der Waals surface area contributed by atoms with Crippen LogP contribution in [0.25, 0.3) is 0 Å². The molecular weight excluding hydrogens is 383 g/mol. The number of nitrogens with one attached hydrogen (secondary N) is 2. The Kier molecular flexibility index (Phi) is 5.79. The fourth-order valence-electron chi connectivity index (χ4n) is 2.05. The molecule has 5 nitrogen and oxygen atoms in total. The summed E-state index contributed by atoms with van der Waals surface area (Å²) in [4.78, 5) is 12.4. The zero-order valence-electron chi connectivity index (χ0n) is 13.9. The highest BCUT2D eigenvalue weighted by Gasteiger charge is 2.22. The third kappa shape index (κ3) is 5.44. The number of rotatable bonds is 4. The molecule has 0 radical (unpaired) electrons. The van der Waals surface area contributed by atoms with Gasteiger partial charge in [-0.1, -0.05) is 23.2 Å². The smallest absolute Gasteiger partial charge is 0.257 e. The van der Waals surface area contributed by atoms with Crippen molar-refractivity contribution in [2.75, 3.05) is 5.32 Å². The third-order valence-corrected chi connectivity index (χ3v) is 5.36. The van der Waals surface area contributed by atoms with Crippen LogP contribution in [0, 0.1) is 0 Å². The maximum atomic E-state index is 12.3. The molecule has 134 valence electrons. The van der Waals surface area contributed by atoms with Gasteiger partial charge in [0.15, 0.2) is 0 Å². The van der Waals surface area contributed by atoms with Crippen molar-refractivity contribution in [3.63, 3.8) is 0 Å². The lowest BCUT2D eigenvalue weighted by molar-refractivity contribution is 0.102. The van der Waals surface area contributed by atoms with Crippen LogP contribution in [0.1, 0.15) is 31.1 Å². The van der Waals surface area contributed by atoms with E-state index in [1.165, 1.54) is 36.4 Å². The second kappa shape index (κ2) is 7.33. The number of benzene rings is 2. The van der Waals surface area contributed by atoms with Gasteiger partial charge in [-0.3, -0.25) is 4.79 Å². The van der Waals surface area contributed by atoms with Gasteiger partial charge in [-0.25, -0.2) is 13.1 Å². The molecule has 0 bridgehead atoms. The van der Waals surface area contributed by atoms with Gasteiger partial charge < -0.3 is 5.32 Å². The molecule has 2 rings (SSSR count). The molecule has 0 aliphatic rings. The molecule has 0 saturated heterocycles. The van der Waals surface area contributed by atoms with Crippen molar-refractivity contribution in [2.24, 2.45) is 0 Å². The highest BCUT2D eigenvalue weighted by molar-refractivity contribution is 7.89. The Balaban J connectivity index is 2.16. The molecule has 0 saturated carbocycles. The van der Waals surface area contributed by atoms with Crippen LogP contribution < -0.4 is 10.0 Å². The van der Waals surface area contributed by atoms with Crippen LogP contribution >= 0.6 is 23.2 Å². The maximum Gasteiger partial charge on any atom is 0.257 e. The van der Waals surface area contributed by atoms with E-state index in [0.717, 1.165) is 0 Å². The van der Waals surface area contributed by atoms with E-state index in [-0.39, 0.29) is 15.5 Å². The summed E-state index contributed by atoms with van der Waals surface area (Å²) in [5.74, 6) is -0.412. The predicted octanol–water partition coefficient (Wildman–Crippen LogP) is 4.32. The average molecular weight is 401 g/mol. The van der Waals surface area contributed by atoms with Crippen LogP contribution in [0.15, 0.2) is 47.4 Å². The van der Waals surface area contributed by atoms with Crippen molar-refractivity contribution in [1.29, 1.82) is 0 Å². The summed E-state index contributed by atoms with van der Waals surface area (Å²) < 4.78 is 27.1. The maximum absolute atomic E-state index is 12.3. The number of hydrogen-bond donors (Lipinski definition) is 2. The van der Waals surface area contributed by atoms with E-state index in [4.69, 9.17) is 23.2 Å². The van der Waals surface area contributed by atoms with Crippen LogP contribution in [0.3, 0.4) is 0 Å². The lowest BCUT2D eigenvalue weighted by Crippen LogP contribution is -2.40. The molecule has 1 amide bonds. The van der Waals surface area contributed by atoms with Crippen molar-refractivity contribution in [2.45, 2.75) is 31.2 Å². The first-order chi connectivity index (χ1) is 11.5. The van der Waals surface area contributed by atoms with Crippen molar-refractivity contribution < 1.29 is 13.2 Å². The van der Waals surface area contributed by atoms with Crippen molar-refractivity contribution in [3.05, 3.63) is 58.1 Å². The zero-order chi connectivity index (χ0) is 18.8. The molecule has 0 fully saturated rings. The van der Waals surface area contributed by atoms with Gasteiger partial charge in [-0.15, -0.1) is 0 Å². The normalized spacial score (nSPS) is 12.0. The van der Waals surface area contributed by atoms with Crippen LogP contribution in [0.4, 0.5) is 5.69 Å². The first-order valence-electron chi connectivity index (χ1n) is 7.38. The molecule has 25 heavy (non-hydrogen) atoms. The number of anilines is 1. The zero-order valence-corrected chi connectivity index (χ0v) is 16.3. The Labute approximate surface area is 157 Å². The van der Waals surface area contributed by atoms with Gasteiger partial charge in [0.2, 0.25) is 10.0 Å². The second-order valence-corrected chi connectivity index (χ2v) is 8.98. The molecule has 0 spiro atoms. The summed E-state index contributed by atoms with van der Waals surface area (Å²) in [5.41, 5.74) is 0.139. The highest BCUT2D eigenvalue weighted by atomic mass is 35.5. The third-order valence-electron chi connectivity index (χ3n) is 3.04. The standard InChI is InChI=1S/C17H18Cl2N2O3S/c1-17(2,3)21-25(23,24)13-7-5-12(6-8-13)20-16(22)14-9-4-11(18)10-15(14)19/h4-10,21H,1-3H3,(H,20,22). The Morgan fingerprint density at radius 3 is 2.12 bits per heavy atom. The molecule has 2 aromatic rings. The summed E-state index contributed by atoms with van der Waals surface area (Å²) in [7, 11) is -3.63. The lowest BCUT2D eigenvalue weighted by Gasteiger charge is -2.20. The number of carbonyl (C=O) groups is 1. The van der Waals surface area contributed by atoms with Crippen LogP contribution in [0.5, 0.6) is 0 Å². The minimum absolute atomic E-state index is 0.116. The second-order valence-electron chi connectivity index (χ2n) is 6.46. The fourth-order valence-corrected chi connectivity index (χ4v) is 3.96. The van der Waals surface area contributed by atoms with E-state index in [1.807, 2.05) is 0 Å². The number of halogens is 2. The largest absolute Gasteiger partial charge is 0.322 e. The van der Waals surface area contributed by atoms with Crippen molar-refractivity contribution >= 4 is 44.8 Å². The van der Waals surface area contributed by atoms with E-state index in [2.05, 4.69) is 10.0 Å². The molecule has 0 atom stereocenters. The summed E-state index contributed by atoms with van der Waals surface area (Å²) in [5, 5.41) is 3.33. The molecule has 0 heterocycles. The van der Waals surface area contributed by atoms with Crippen molar-refractivity contribution in [3.8, 4) is 0 Å². The summed E-state index contributed by atoms with van der Waals surface area (Å²) >= 11 is 11.8. The first-order valence-corrected chi connectivity index (χ1v) is 9.62. The van der Waals surface area contributed by atoms with Gasteiger partial charge in [-0.2, -0.15) is 0 Å². The molecule has 2 aromatic carbocycles. The van der Waals surface area contributed by atoms with Gasteiger partial charge in [-0.05, 0) is 63.2 Å². The number of amides is 1. The molecule has 0 unspecified atom stereocenters. The molecule has 8 heteroatoms.